The third kappa shape index (κ3) is 4.47. The van der Waals surface area contributed by atoms with Crippen LogP contribution in [0.3, 0.4) is 0 Å². The Bertz CT molecular complexity index is 989. The first-order valence-corrected chi connectivity index (χ1v) is 8.81. The molecule has 4 heteroatoms. The zero-order valence-electron chi connectivity index (χ0n) is 15.4. The molecular weight excluding hydrogens is 340 g/mol. The molecule has 0 aliphatic rings. The number of carboxylic acid groups (broad SMARTS) is 1. The van der Waals surface area contributed by atoms with Crippen molar-refractivity contribution >= 4 is 22.8 Å². The van der Waals surface area contributed by atoms with Crippen LogP contribution in [0.15, 0.2) is 60.7 Å². The Morgan fingerprint density at radius 3 is 2.44 bits per heavy atom. The summed E-state index contributed by atoms with van der Waals surface area (Å²) in [5, 5.41) is 11.0. The van der Waals surface area contributed by atoms with Crippen molar-refractivity contribution in [3.05, 3.63) is 77.4 Å². The van der Waals surface area contributed by atoms with Crippen molar-refractivity contribution in [3.63, 3.8) is 0 Å². The van der Waals surface area contributed by atoms with Crippen LogP contribution in [0.25, 0.3) is 16.8 Å². The van der Waals surface area contributed by atoms with Gasteiger partial charge in [-0.05, 0) is 54.0 Å². The normalized spacial score (nSPS) is 11.0. The van der Waals surface area contributed by atoms with Crippen molar-refractivity contribution in [1.82, 2.24) is 0 Å². The molecule has 0 aliphatic carbocycles. The number of benzene rings is 3. The van der Waals surface area contributed by atoms with Gasteiger partial charge in [-0.15, -0.1) is 0 Å². The van der Waals surface area contributed by atoms with Crippen LogP contribution in [0.4, 0.5) is 0 Å². The van der Waals surface area contributed by atoms with Crippen molar-refractivity contribution in [1.29, 1.82) is 0 Å². The molecule has 4 nitrogen and oxygen atoms in total. The van der Waals surface area contributed by atoms with Crippen LogP contribution >= 0.6 is 0 Å². The van der Waals surface area contributed by atoms with Gasteiger partial charge in [-0.25, -0.2) is 4.79 Å². The smallest absolute Gasteiger partial charge is 0.328 e. The first-order valence-electron chi connectivity index (χ1n) is 8.81. The molecule has 0 saturated carbocycles. The highest BCUT2D eigenvalue weighted by molar-refractivity contribution is 5.96. The summed E-state index contributed by atoms with van der Waals surface area (Å²) in [6.07, 6.45) is 2.70. The Hall–Kier alpha value is -3.27. The standard InChI is InChI=1S/C23H22O4/c1-16-6-5-9-21(17(16)2)26-14-15-27-22-12-10-18-7-3-4-8-19(18)20(22)11-13-23(24)25/h3-13H,14-15H2,1-2H3,(H,24,25). The van der Waals surface area contributed by atoms with Gasteiger partial charge in [0.1, 0.15) is 24.7 Å². The van der Waals surface area contributed by atoms with E-state index in [0.717, 1.165) is 33.7 Å². The molecule has 0 unspecified atom stereocenters. The van der Waals surface area contributed by atoms with Crippen molar-refractivity contribution in [2.24, 2.45) is 0 Å². The monoisotopic (exact) mass is 362 g/mol. The first kappa shape index (κ1) is 18.5. The van der Waals surface area contributed by atoms with Gasteiger partial charge < -0.3 is 14.6 Å². The summed E-state index contributed by atoms with van der Waals surface area (Å²) in [6, 6.07) is 17.6. The molecule has 0 bridgehead atoms. The van der Waals surface area contributed by atoms with Crippen molar-refractivity contribution in [2.75, 3.05) is 13.2 Å². The number of aliphatic carboxylic acids is 1. The molecule has 0 saturated heterocycles. The van der Waals surface area contributed by atoms with E-state index in [9.17, 15) is 4.79 Å². The molecule has 3 aromatic rings. The van der Waals surface area contributed by atoms with E-state index >= 15 is 0 Å². The van der Waals surface area contributed by atoms with Gasteiger partial charge >= 0.3 is 5.97 Å². The molecule has 0 aliphatic heterocycles. The van der Waals surface area contributed by atoms with Crippen LogP contribution in [0.1, 0.15) is 16.7 Å². The lowest BCUT2D eigenvalue weighted by Crippen LogP contribution is -2.10. The predicted octanol–water partition coefficient (Wildman–Crippen LogP) is 5.01. The lowest BCUT2D eigenvalue weighted by atomic mass is 10.0. The number of carboxylic acids is 1. The number of rotatable bonds is 7. The van der Waals surface area contributed by atoms with E-state index in [1.807, 2.05) is 55.5 Å². The van der Waals surface area contributed by atoms with Gasteiger partial charge in [-0.3, -0.25) is 0 Å². The molecule has 0 atom stereocenters. The van der Waals surface area contributed by atoms with Gasteiger partial charge in [0.25, 0.3) is 0 Å². The lowest BCUT2D eigenvalue weighted by Gasteiger charge is -2.14. The first-order chi connectivity index (χ1) is 13.1. The van der Waals surface area contributed by atoms with Gasteiger partial charge in [0.05, 0.1) is 0 Å². The summed E-state index contributed by atoms with van der Waals surface area (Å²) in [7, 11) is 0. The predicted molar refractivity (Wildman–Crippen MR) is 108 cm³/mol. The number of carbonyl (C=O) groups is 1. The molecule has 0 aromatic heterocycles. The Balaban J connectivity index is 1.75. The van der Waals surface area contributed by atoms with Crippen LogP contribution in [0.2, 0.25) is 0 Å². The maximum atomic E-state index is 10.9. The van der Waals surface area contributed by atoms with Crippen LogP contribution < -0.4 is 9.47 Å². The summed E-state index contributed by atoms with van der Waals surface area (Å²) in [6.45, 7) is 4.84. The van der Waals surface area contributed by atoms with E-state index in [1.165, 1.54) is 5.56 Å². The number of aryl methyl sites for hydroxylation is 1. The summed E-state index contributed by atoms with van der Waals surface area (Å²) in [4.78, 5) is 10.9. The highest BCUT2D eigenvalue weighted by atomic mass is 16.5. The Morgan fingerprint density at radius 2 is 1.67 bits per heavy atom. The highest BCUT2D eigenvalue weighted by Gasteiger charge is 2.08. The third-order valence-electron chi connectivity index (χ3n) is 4.48. The fourth-order valence-corrected chi connectivity index (χ4v) is 2.91. The molecule has 3 rings (SSSR count). The van der Waals surface area contributed by atoms with Gasteiger partial charge in [0, 0.05) is 11.6 Å². The molecule has 0 amide bonds. The molecule has 0 spiro atoms. The third-order valence-corrected chi connectivity index (χ3v) is 4.48. The highest BCUT2D eigenvalue weighted by Crippen LogP contribution is 2.29. The Kier molecular flexibility index (Phi) is 5.77. The quantitative estimate of drug-likeness (QED) is 0.474. The fourth-order valence-electron chi connectivity index (χ4n) is 2.91. The van der Waals surface area contributed by atoms with Crippen molar-refractivity contribution < 1.29 is 19.4 Å². The van der Waals surface area contributed by atoms with E-state index in [2.05, 4.69) is 13.0 Å². The molecule has 27 heavy (non-hydrogen) atoms. The summed E-state index contributed by atoms with van der Waals surface area (Å²) in [5.41, 5.74) is 3.06. The molecular formula is C23H22O4. The van der Waals surface area contributed by atoms with Gasteiger partial charge in [-0.2, -0.15) is 0 Å². The summed E-state index contributed by atoms with van der Waals surface area (Å²) >= 11 is 0. The minimum absolute atomic E-state index is 0.361. The zero-order chi connectivity index (χ0) is 19.2. The summed E-state index contributed by atoms with van der Waals surface area (Å²) in [5.74, 6) is 0.492. The van der Waals surface area contributed by atoms with E-state index < -0.39 is 5.97 Å². The van der Waals surface area contributed by atoms with E-state index in [1.54, 1.807) is 6.08 Å². The number of hydrogen-bond donors (Lipinski definition) is 1. The molecule has 0 radical (unpaired) electrons. The molecule has 0 heterocycles. The minimum atomic E-state index is -0.993. The average Bonchev–Trinajstić information content (AvgIpc) is 2.66. The van der Waals surface area contributed by atoms with E-state index in [4.69, 9.17) is 14.6 Å². The van der Waals surface area contributed by atoms with Crippen LogP contribution in [0.5, 0.6) is 11.5 Å². The van der Waals surface area contributed by atoms with Crippen LogP contribution in [0, 0.1) is 13.8 Å². The van der Waals surface area contributed by atoms with Gasteiger partial charge in [0.2, 0.25) is 0 Å². The largest absolute Gasteiger partial charge is 0.490 e. The topological polar surface area (TPSA) is 55.8 Å². The minimum Gasteiger partial charge on any atom is -0.490 e. The molecule has 138 valence electrons. The second-order valence-corrected chi connectivity index (χ2v) is 6.27. The molecule has 1 N–H and O–H groups in total. The van der Waals surface area contributed by atoms with Gasteiger partial charge in [0.15, 0.2) is 0 Å². The van der Waals surface area contributed by atoms with Gasteiger partial charge in [-0.1, -0.05) is 42.5 Å². The zero-order valence-corrected chi connectivity index (χ0v) is 15.4. The maximum Gasteiger partial charge on any atom is 0.328 e. The van der Waals surface area contributed by atoms with E-state index in [0.29, 0.717) is 19.0 Å². The van der Waals surface area contributed by atoms with Crippen molar-refractivity contribution in [3.8, 4) is 11.5 Å². The Morgan fingerprint density at radius 1 is 0.926 bits per heavy atom. The fraction of sp³-hybridized carbons (Fsp3) is 0.174. The lowest BCUT2D eigenvalue weighted by molar-refractivity contribution is -0.131. The van der Waals surface area contributed by atoms with Crippen LogP contribution in [-0.2, 0) is 4.79 Å². The average molecular weight is 362 g/mol. The van der Waals surface area contributed by atoms with E-state index in [-0.39, 0.29) is 0 Å². The maximum absolute atomic E-state index is 10.9. The SMILES string of the molecule is Cc1cccc(OCCOc2ccc3ccccc3c2C=CC(=O)O)c1C. The second-order valence-electron chi connectivity index (χ2n) is 6.27. The number of hydrogen-bond acceptors (Lipinski definition) is 3. The molecule has 0 fully saturated rings. The van der Waals surface area contributed by atoms with Crippen molar-refractivity contribution in [2.45, 2.75) is 13.8 Å². The Labute approximate surface area is 158 Å². The number of fused-ring (bicyclic) bond motifs is 1. The molecule has 3 aromatic carbocycles. The summed E-state index contributed by atoms with van der Waals surface area (Å²) < 4.78 is 11.7. The number of ether oxygens (including phenoxy) is 2. The second kappa shape index (κ2) is 8.41. The van der Waals surface area contributed by atoms with Crippen LogP contribution in [-0.4, -0.2) is 24.3 Å².